The molecule has 0 aromatic carbocycles. The fourth-order valence-corrected chi connectivity index (χ4v) is 2.32. The molecular formula is C15H19N3O3. The Hall–Kier alpha value is -2.08. The number of carbonyl (C=O) groups is 1. The van der Waals surface area contributed by atoms with Gasteiger partial charge in [-0.2, -0.15) is 0 Å². The van der Waals surface area contributed by atoms with E-state index in [1.165, 1.54) is 7.11 Å². The highest BCUT2D eigenvalue weighted by molar-refractivity contribution is 5.83. The van der Waals surface area contributed by atoms with Crippen LogP contribution in [-0.2, 0) is 9.53 Å². The molecule has 0 saturated heterocycles. The van der Waals surface area contributed by atoms with Crippen LogP contribution in [0.3, 0.4) is 0 Å². The first-order valence-electron chi connectivity index (χ1n) is 7.01. The number of aromatic nitrogens is 1. The Labute approximate surface area is 123 Å². The summed E-state index contributed by atoms with van der Waals surface area (Å²) in [6, 6.07) is 1.48. The number of hydrazine groups is 1. The lowest BCUT2D eigenvalue weighted by molar-refractivity contribution is -0.142. The molecule has 0 bridgehead atoms. The number of nitrogens with zero attached hydrogens (tertiary/aromatic N) is 2. The van der Waals surface area contributed by atoms with Gasteiger partial charge in [0.2, 0.25) is 5.88 Å². The summed E-state index contributed by atoms with van der Waals surface area (Å²) in [5, 5.41) is 1.81. The minimum absolute atomic E-state index is 0.309. The van der Waals surface area contributed by atoms with Crippen molar-refractivity contribution in [2.45, 2.75) is 31.9 Å². The number of esters is 1. The van der Waals surface area contributed by atoms with Crippen LogP contribution in [0.15, 0.2) is 18.3 Å². The third-order valence-corrected chi connectivity index (χ3v) is 3.65. The molecule has 1 aliphatic carbocycles. The highest BCUT2D eigenvalue weighted by atomic mass is 16.5. The van der Waals surface area contributed by atoms with E-state index < -0.39 is 6.04 Å². The normalized spacial score (nSPS) is 21.2. The average molecular weight is 289 g/mol. The fraction of sp³-hybridized carbons (Fsp3) is 0.467. The van der Waals surface area contributed by atoms with E-state index in [0.29, 0.717) is 12.0 Å². The zero-order valence-corrected chi connectivity index (χ0v) is 12.4. The van der Waals surface area contributed by atoms with Crippen molar-refractivity contribution >= 4 is 11.7 Å². The van der Waals surface area contributed by atoms with Gasteiger partial charge in [0.05, 0.1) is 12.8 Å². The number of hydrogen-bond acceptors (Lipinski definition) is 6. The predicted molar refractivity (Wildman–Crippen MR) is 77.3 cm³/mol. The Morgan fingerprint density at radius 2 is 2.24 bits per heavy atom. The molecule has 112 valence electrons. The smallest absolute Gasteiger partial charge is 0.328 e. The van der Waals surface area contributed by atoms with E-state index in [9.17, 15) is 4.79 Å². The molecule has 2 aliphatic rings. The van der Waals surface area contributed by atoms with Crippen LogP contribution in [0.2, 0.25) is 0 Å². The van der Waals surface area contributed by atoms with E-state index >= 15 is 0 Å². The zero-order valence-electron chi connectivity index (χ0n) is 12.4. The predicted octanol–water partition coefficient (Wildman–Crippen LogP) is 1.26. The van der Waals surface area contributed by atoms with Gasteiger partial charge in [-0.1, -0.05) is 0 Å². The molecule has 21 heavy (non-hydrogen) atoms. The van der Waals surface area contributed by atoms with E-state index in [-0.39, 0.29) is 5.97 Å². The van der Waals surface area contributed by atoms with Crippen molar-refractivity contribution in [2.24, 2.45) is 0 Å². The van der Waals surface area contributed by atoms with E-state index in [0.717, 1.165) is 29.7 Å². The first kappa shape index (κ1) is 13.9. The summed E-state index contributed by atoms with van der Waals surface area (Å²) in [6.45, 7) is 2.01. The number of aryl methyl sites for hydroxylation is 1. The second-order valence-corrected chi connectivity index (χ2v) is 5.40. The number of ether oxygens (including phenoxy) is 2. The Balaban J connectivity index is 1.83. The third-order valence-electron chi connectivity index (χ3n) is 3.65. The van der Waals surface area contributed by atoms with Crippen LogP contribution in [-0.4, -0.2) is 42.3 Å². The lowest BCUT2D eigenvalue weighted by atomic mass is 10.1. The summed E-state index contributed by atoms with van der Waals surface area (Å²) in [6.07, 6.45) is 6.19. The molecule has 1 unspecified atom stereocenters. The lowest BCUT2D eigenvalue weighted by Gasteiger charge is -2.19. The van der Waals surface area contributed by atoms with Crippen molar-refractivity contribution in [3.05, 3.63) is 29.5 Å². The Morgan fingerprint density at radius 1 is 1.48 bits per heavy atom. The van der Waals surface area contributed by atoms with E-state index in [1.54, 1.807) is 6.20 Å². The number of hydrogen-bond donors (Lipinski definition) is 1. The monoisotopic (exact) mass is 289 g/mol. The molecule has 1 aromatic rings. The molecule has 1 atom stereocenters. The van der Waals surface area contributed by atoms with Gasteiger partial charge in [-0.15, -0.1) is 0 Å². The lowest BCUT2D eigenvalue weighted by Crippen LogP contribution is -2.39. The van der Waals surface area contributed by atoms with E-state index in [2.05, 4.69) is 10.4 Å². The van der Waals surface area contributed by atoms with Gasteiger partial charge in [-0.3, -0.25) is 0 Å². The van der Waals surface area contributed by atoms with Gasteiger partial charge < -0.3 is 14.5 Å². The van der Waals surface area contributed by atoms with Crippen molar-refractivity contribution < 1.29 is 14.3 Å². The maximum atomic E-state index is 11.6. The van der Waals surface area contributed by atoms with Crippen LogP contribution in [0.4, 0.5) is 0 Å². The van der Waals surface area contributed by atoms with Gasteiger partial charge in [0, 0.05) is 24.9 Å². The Morgan fingerprint density at radius 3 is 2.86 bits per heavy atom. The summed E-state index contributed by atoms with van der Waals surface area (Å²) in [4.78, 5) is 16.0. The Bertz CT molecular complexity index is 596. The maximum absolute atomic E-state index is 11.6. The molecule has 0 amide bonds. The summed E-state index contributed by atoms with van der Waals surface area (Å²) < 4.78 is 10.5. The largest absolute Gasteiger partial charge is 0.474 e. The molecule has 6 heteroatoms. The van der Waals surface area contributed by atoms with Crippen LogP contribution in [0.1, 0.15) is 24.0 Å². The van der Waals surface area contributed by atoms with E-state index in [1.807, 2.05) is 31.1 Å². The summed E-state index contributed by atoms with van der Waals surface area (Å²) in [5.74, 6) is 0.355. The van der Waals surface area contributed by atoms with Crippen LogP contribution in [0.25, 0.3) is 5.70 Å². The van der Waals surface area contributed by atoms with Crippen LogP contribution in [0, 0.1) is 6.92 Å². The summed E-state index contributed by atoms with van der Waals surface area (Å²) >= 11 is 0. The molecule has 1 aromatic heterocycles. The number of methoxy groups -OCH3 is 1. The molecule has 2 heterocycles. The van der Waals surface area contributed by atoms with Crippen LogP contribution in [0.5, 0.6) is 5.88 Å². The highest BCUT2D eigenvalue weighted by Gasteiger charge is 2.28. The molecule has 0 radical (unpaired) electrons. The van der Waals surface area contributed by atoms with Crippen molar-refractivity contribution in [3.63, 3.8) is 0 Å². The van der Waals surface area contributed by atoms with Crippen molar-refractivity contribution in [1.29, 1.82) is 0 Å². The fourth-order valence-electron chi connectivity index (χ4n) is 2.32. The standard InChI is InChI=1S/C15H19N3O3/c1-9-6-14(21-10-4-5-10)16-8-11(9)13-7-12(15(19)20-3)17-18(13)2/h6-8,10,12,17H,4-5H2,1-3H3. The number of nitrogens with one attached hydrogen (secondary N) is 1. The van der Waals surface area contributed by atoms with Crippen molar-refractivity contribution in [3.8, 4) is 5.88 Å². The number of rotatable bonds is 4. The molecule has 1 N–H and O–H groups in total. The van der Waals surface area contributed by atoms with Gasteiger partial charge in [0.1, 0.15) is 12.1 Å². The molecule has 1 aliphatic heterocycles. The van der Waals surface area contributed by atoms with Crippen LogP contribution < -0.4 is 10.2 Å². The van der Waals surface area contributed by atoms with Gasteiger partial charge in [-0.25, -0.2) is 15.2 Å². The molecular weight excluding hydrogens is 270 g/mol. The van der Waals surface area contributed by atoms with Gasteiger partial charge >= 0.3 is 5.97 Å². The molecule has 1 fully saturated rings. The van der Waals surface area contributed by atoms with Gasteiger partial charge in [0.25, 0.3) is 0 Å². The quantitative estimate of drug-likeness (QED) is 0.842. The molecule has 6 nitrogen and oxygen atoms in total. The average Bonchev–Trinajstić information content (AvgIpc) is 3.19. The summed E-state index contributed by atoms with van der Waals surface area (Å²) in [5.41, 5.74) is 5.99. The SMILES string of the molecule is COC(=O)C1C=C(c2cnc(OC3CC3)cc2C)N(C)N1. The second kappa shape index (κ2) is 5.37. The number of pyridine rings is 1. The maximum Gasteiger partial charge on any atom is 0.328 e. The van der Waals surface area contributed by atoms with Gasteiger partial charge in [0.15, 0.2) is 0 Å². The summed E-state index contributed by atoms with van der Waals surface area (Å²) in [7, 11) is 3.25. The third kappa shape index (κ3) is 2.85. The second-order valence-electron chi connectivity index (χ2n) is 5.40. The molecule has 1 saturated carbocycles. The first-order valence-corrected chi connectivity index (χ1v) is 7.01. The van der Waals surface area contributed by atoms with Gasteiger partial charge in [-0.05, 0) is 31.4 Å². The molecule has 3 rings (SSSR count). The number of carbonyl (C=O) groups excluding carboxylic acids is 1. The topological polar surface area (TPSA) is 63.7 Å². The molecule has 0 spiro atoms. The first-order chi connectivity index (χ1) is 10.1. The van der Waals surface area contributed by atoms with Crippen molar-refractivity contribution in [2.75, 3.05) is 14.2 Å². The minimum Gasteiger partial charge on any atom is -0.474 e. The van der Waals surface area contributed by atoms with Crippen molar-refractivity contribution in [1.82, 2.24) is 15.4 Å². The minimum atomic E-state index is -0.461. The highest BCUT2D eigenvalue weighted by Crippen LogP contribution is 2.29. The Kier molecular flexibility index (Phi) is 3.55. The van der Waals surface area contributed by atoms with Crippen LogP contribution >= 0.6 is 0 Å². The zero-order chi connectivity index (χ0) is 15.0. The van der Waals surface area contributed by atoms with E-state index in [4.69, 9.17) is 9.47 Å².